The zero-order valence-electron chi connectivity index (χ0n) is 20.4. The number of hydrogen-bond acceptors (Lipinski definition) is 5. The maximum absolute atomic E-state index is 13.9. The number of amides is 2. The van der Waals surface area contributed by atoms with Crippen LogP contribution in [0.2, 0.25) is 0 Å². The van der Waals surface area contributed by atoms with Gasteiger partial charge in [-0.2, -0.15) is 0 Å². The summed E-state index contributed by atoms with van der Waals surface area (Å²) in [6.07, 6.45) is 1.94. The summed E-state index contributed by atoms with van der Waals surface area (Å²) in [7, 11) is 3.23. The lowest BCUT2D eigenvalue weighted by Gasteiger charge is -2.44. The van der Waals surface area contributed by atoms with E-state index in [1.807, 2.05) is 60.0 Å². The highest BCUT2D eigenvalue weighted by atomic mass is 16.5. The van der Waals surface area contributed by atoms with E-state index in [4.69, 9.17) is 14.2 Å². The van der Waals surface area contributed by atoms with Crippen LogP contribution in [0.1, 0.15) is 35.8 Å². The molecule has 8 heteroatoms. The molecular weight excluding hydrogens is 446 g/mol. The Hall–Kier alpha value is -3.52. The average molecular weight is 478 g/mol. The Morgan fingerprint density at radius 1 is 1.14 bits per heavy atom. The number of nitrogens with zero attached hydrogens (tertiary/aromatic N) is 2. The number of carbonyl (C=O) groups is 2. The number of carbonyl (C=O) groups excluding carboxylic acids is 2. The van der Waals surface area contributed by atoms with Crippen LogP contribution in [0.4, 0.5) is 0 Å². The quantitative estimate of drug-likeness (QED) is 0.564. The SMILES string of the molecule is COc1cccc(CN2C(=O)c3cc4ccc(OC)cc4n3C[C@@]2(C)C(=O)NC[C@@H]2CCCO2)c1. The molecule has 2 amide bonds. The number of hydrogen-bond donors (Lipinski definition) is 1. The number of ether oxygens (including phenoxy) is 3. The van der Waals surface area contributed by atoms with Gasteiger partial charge in [-0.15, -0.1) is 0 Å². The lowest BCUT2D eigenvalue weighted by Crippen LogP contribution is -2.64. The van der Waals surface area contributed by atoms with Gasteiger partial charge < -0.3 is 29.0 Å². The fraction of sp³-hybridized carbons (Fsp3) is 0.407. The maximum Gasteiger partial charge on any atom is 0.271 e. The molecule has 3 heterocycles. The molecule has 1 aromatic heterocycles. The fourth-order valence-electron chi connectivity index (χ4n) is 5.06. The van der Waals surface area contributed by atoms with Crippen LogP contribution in [0.5, 0.6) is 11.5 Å². The van der Waals surface area contributed by atoms with Gasteiger partial charge in [0.05, 0.1) is 32.4 Å². The highest BCUT2D eigenvalue weighted by Gasteiger charge is 2.47. The van der Waals surface area contributed by atoms with E-state index in [0.717, 1.165) is 35.9 Å². The van der Waals surface area contributed by atoms with Gasteiger partial charge in [0.15, 0.2) is 0 Å². The van der Waals surface area contributed by atoms with Gasteiger partial charge in [-0.05, 0) is 55.7 Å². The van der Waals surface area contributed by atoms with Gasteiger partial charge in [-0.25, -0.2) is 0 Å². The topological polar surface area (TPSA) is 82.0 Å². The number of benzene rings is 2. The first kappa shape index (κ1) is 23.2. The summed E-state index contributed by atoms with van der Waals surface area (Å²) in [6, 6.07) is 15.2. The smallest absolute Gasteiger partial charge is 0.271 e. The molecule has 2 atom stereocenters. The lowest BCUT2D eigenvalue weighted by atomic mass is 9.93. The second-order valence-corrected chi connectivity index (χ2v) is 9.40. The van der Waals surface area contributed by atoms with Gasteiger partial charge in [0.2, 0.25) is 5.91 Å². The third-order valence-corrected chi connectivity index (χ3v) is 7.12. The molecule has 1 fully saturated rings. The first-order chi connectivity index (χ1) is 16.9. The van der Waals surface area contributed by atoms with Gasteiger partial charge in [-0.3, -0.25) is 9.59 Å². The third-order valence-electron chi connectivity index (χ3n) is 7.12. The largest absolute Gasteiger partial charge is 0.497 e. The first-order valence-electron chi connectivity index (χ1n) is 11.9. The second kappa shape index (κ2) is 9.26. The molecule has 2 aromatic carbocycles. The van der Waals surface area contributed by atoms with E-state index >= 15 is 0 Å². The summed E-state index contributed by atoms with van der Waals surface area (Å²) in [5.41, 5.74) is 1.20. The fourth-order valence-corrected chi connectivity index (χ4v) is 5.06. The molecule has 0 aliphatic carbocycles. The molecule has 0 radical (unpaired) electrons. The van der Waals surface area contributed by atoms with Gasteiger partial charge in [0.25, 0.3) is 5.91 Å². The average Bonchev–Trinajstić information content (AvgIpc) is 3.53. The van der Waals surface area contributed by atoms with Crippen molar-refractivity contribution in [2.75, 3.05) is 27.4 Å². The summed E-state index contributed by atoms with van der Waals surface area (Å²) in [4.78, 5) is 29.3. The van der Waals surface area contributed by atoms with Gasteiger partial charge in [0.1, 0.15) is 22.7 Å². The first-order valence-corrected chi connectivity index (χ1v) is 11.9. The summed E-state index contributed by atoms with van der Waals surface area (Å²) in [5, 5.41) is 4.00. The predicted octanol–water partition coefficient (Wildman–Crippen LogP) is 3.37. The van der Waals surface area contributed by atoms with E-state index in [2.05, 4.69) is 5.32 Å². The number of methoxy groups -OCH3 is 2. The molecule has 184 valence electrons. The normalized spacial score (nSPS) is 21.7. The monoisotopic (exact) mass is 477 g/mol. The van der Waals surface area contributed by atoms with Crippen LogP contribution in [0.25, 0.3) is 10.9 Å². The van der Waals surface area contributed by atoms with Crippen LogP contribution in [0.15, 0.2) is 48.5 Å². The van der Waals surface area contributed by atoms with Crippen molar-refractivity contribution in [3.63, 3.8) is 0 Å². The Bertz CT molecular complexity index is 1260. The maximum atomic E-state index is 13.9. The molecule has 8 nitrogen and oxygen atoms in total. The Morgan fingerprint density at radius 3 is 2.69 bits per heavy atom. The van der Waals surface area contributed by atoms with Crippen LogP contribution in [-0.4, -0.2) is 60.3 Å². The minimum atomic E-state index is -1.11. The molecule has 35 heavy (non-hydrogen) atoms. The highest BCUT2D eigenvalue weighted by Crippen LogP contribution is 2.35. The van der Waals surface area contributed by atoms with Crippen molar-refractivity contribution in [3.05, 3.63) is 59.8 Å². The summed E-state index contributed by atoms with van der Waals surface area (Å²) in [6.45, 7) is 3.60. The van der Waals surface area contributed by atoms with Crippen LogP contribution >= 0.6 is 0 Å². The molecule has 3 aromatic rings. The Labute approximate surface area is 204 Å². The van der Waals surface area contributed by atoms with E-state index in [0.29, 0.717) is 30.3 Å². The molecule has 0 saturated carbocycles. The molecule has 2 aliphatic heterocycles. The molecule has 0 unspecified atom stereocenters. The van der Waals surface area contributed by atoms with Crippen molar-refractivity contribution in [1.29, 1.82) is 0 Å². The predicted molar refractivity (Wildman–Crippen MR) is 132 cm³/mol. The zero-order valence-corrected chi connectivity index (χ0v) is 20.4. The number of aromatic nitrogens is 1. The van der Waals surface area contributed by atoms with Crippen molar-refractivity contribution in [2.45, 2.75) is 44.5 Å². The van der Waals surface area contributed by atoms with Crippen molar-refractivity contribution in [3.8, 4) is 11.5 Å². The molecule has 5 rings (SSSR count). The standard InChI is InChI=1S/C27H31N3O5/c1-27(26(32)28-15-22-8-5-11-35-22)17-29-23-14-21(34-3)10-9-19(23)13-24(29)25(31)30(27)16-18-6-4-7-20(12-18)33-2/h4,6-7,9-10,12-14,22H,5,8,11,15-17H2,1-3H3,(H,28,32)/t22-,27-/m0/s1. The minimum absolute atomic E-state index is 0.0147. The summed E-state index contributed by atoms with van der Waals surface area (Å²) in [5.74, 6) is 1.02. The van der Waals surface area contributed by atoms with E-state index in [9.17, 15) is 9.59 Å². The van der Waals surface area contributed by atoms with Crippen LogP contribution < -0.4 is 14.8 Å². The van der Waals surface area contributed by atoms with Gasteiger partial charge in [-0.1, -0.05) is 12.1 Å². The van der Waals surface area contributed by atoms with Crippen LogP contribution in [0.3, 0.4) is 0 Å². The highest BCUT2D eigenvalue weighted by molar-refractivity contribution is 6.03. The molecule has 1 N–H and O–H groups in total. The minimum Gasteiger partial charge on any atom is -0.497 e. The molecule has 1 saturated heterocycles. The Balaban J connectivity index is 1.54. The number of nitrogens with one attached hydrogen (secondary N) is 1. The zero-order chi connectivity index (χ0) is 24.6. The Morgan fingerprint density at radius 2 is 1.94 bits per heavy atom. The third kappa shape index (κ3) is 4.23. The van der Waals surface area contributed by atoms with E-state index in [-0.39, 0.29) is 24.5 Å². The van der Waals surface area contributed by atoms with Crippen molar-refractivity contribution < 1.29 is 23.8 Å². The summed E-state index contributed by atoms with van der Waals surface area (Å²) >= 11 is 0. The lowest BCUT2D eigenvalue weighted by molar-refractivity contribution is -0.133. The summed E-state index contributed by atoms with van der Waals surface area (Å²) < 4.78 is 18.4. The molecular formula is C27H31N3O5. The van der Waals surface area contributed by atoms with E-state index in [1.54, 1.807) is 19.1 Å². The second-order valence-electron chi connectivity index (χ2n) is 9.40. The number of fused-ring (bicyclic) bond motifs is 3. The van der Waals surface area contributed by atoms with Gasteiger partial charge >= 0.3 is 0 Å². The molecule has 0 spiro atoms. The van der Waals surface area contributed by atoms with Gasteiger partial charge in [0, 0.05) is 31.1 Å². The molecule has 0 bridgehead atoms. The van der Waals surface area contributed by atoms with Crippen molar-refractivity contribution >= 4 is 22.7 Å². The van der Waals surface area contributed by atoms with E-state index in [1.165, 1.54) is 0 Å². The Kier molecular flexibility index (Phi) is 6.15. The van der Waals surface area contributed by atoms with E-state index < -0.39 is 5.54 Å². The molecule has 2 aliphatic rings. The van der Waals surface area contributed by atoms with Crippen LogP contribution in [-0.2, 0) is 22.6 Å². The number of rotatable bonds is 7. The van der Waals surface area contributed by atoms with Crippen molar-refractivity contribution in [2.24, 2.45) is 0 Å². The van der Waals surface area contributed by atoms with Crippen molar-refractivity contribution in [1.82, 2.24) is 14.8 Å². The van der Waals surface area contributed by atoms with Crippen LogP contribution in [0, 0.1) is 0 Å².